The first-order valence-corrected chi connectivity index (χ1v) is 29.6. The van der Waals surface area contributed by atoms with Crippen molar-refractivity contribution in [2.75, 3.05) is 0 Å². The molecule has 0 fully saturated rings. The maximum atomic E-state index is 11.9. The Morgan fingerprint density at radius 3 is 0.974 bits per heavy atom. The van der Waals surface area contributed by atoms with Gasteiger partial charge in [-0.25, -0.2) is 28.8 Å². The summed E-state index contributed by atoms with van der Waals surface area (Å²) >= 11 is 0. The number of aryl methyl sites for hydroxylation is 1. The highest BCUT2D eigenvalue weighted by molar-refractivity contribution is 6.04. The van der Waals surface area contributed by atoms with Gasteiger partial charge in [0.05, 0.1) is 33.4 Å². The molecule has 77 heavy (non-hydrogen) atoms. The van der Waals surface area contributed by atoms with Crippen LogP contribution in [0.1, 0.15) is 325 Å². The van der Waals surface area contributed by atoms with E-state index in [9.17, 15) is 59.4 Å². The summed E-state index contributed by atoms with van der Waals surface area (Å²) < 4.78 is 0. The fourth-order valence-electron chi connectivity index (χ4n) is 10.2. The van der Waals surface area contributed by atoms with E-state index < -0.39 is 35.8 Å². The average Bonchev–Trinajstić information content (AvgIpc) is 3.38. The van der Waals surface area contributed by atoms with Crippen molar-refractivity contribution < 1.29 is 59.4 Å². The van der Waals surface area contributed by atoms with E-state index in [1.807, 2.05) is 6.07 Å². The van der Waals surface area contributed by atoms with E-state index in [2.05, 4.69) is 55.4 Å². The Balaban J connectivity index is 0.000000585. The van der Waals surface area contributed by atoms with Crippen LogP contribution in [0.25, 0.3) is 0 Å². The fourth-order valence-corrected chi connectivity index (χ4v) is 10.2. The first-order valence-electron chi connectivity index (χ1n) is 29.6. The average molecular weight is 1070 g/mol. The summed E-state index contributed by atoms with van der Waals surface area (Å²) in [7, 11) is 0. The number of benzene rings is 3. The van der Waals surface area contributed by atoms with E-state index in [1.54, 1.807) is 24.3 Å². The molecule has 0 aromatic heterocycles. The SMILES string of the molecule is CC(C)CCc1ccc(C(=O)O)c(C(=O)O)c1CCC(C)C.CCCCCCCCC(CCCC)c1cccc(C(=O)O)c1C(=O)O.CCCCCCCCCC(CCCCCCCC)c1cccc(C(=O)O)c1C(=O)O. The predicted molar refractivity (Wildman–Crippen MR) is 311 cm³/mol. The van der Waals surface area contributed by atoms with E-state index in [0.29, 0.717) is 34.9 Å². The minimum atomic E-state index is -1.18. The van der Waals surface area contributed by atoms with E-state index in [4.69, 9.17) is 0 Å². The minimum absolute atomic E-state index is 0.0103. The monoisotopic (exact) mass is 1070 g/mol. The minimum Gasteiger partial charge on any atom is -0.478 e. The Morgan fingerprint density at radius 2 is 0.649 bits per heavy atom. The van der Waals surface area contributed by atoms with Gasteiger partial charge in [0, 0.05) is 0 Å². The number of rotatable bonds is 39. The van der Waals surface area contributed by atoms with Crippen LogP contribution < -0.4 is 0 Å². The van der Waals surface area contributed by atoms with Crippen molar-refractivity contribution in [3.8, 4) is 0 Å². The van der Waals surface area contributed by atoms with Crippen LogP contribution in [-0.4, -0.2) is 66.5 Å². The van der Waals surface area contributed by atoms with Crippen LogP contribution >= 0.6 is 0 Å². The van der Waals surface area contributed by atoms with Gasteiger partial charge in [-0.15, -0.1) is 0 Å². The number of unbranched alkanes of at least 4 members (excludes halogenated alkanes) is 17. The second-order valence-corrected chi connectivity index (χ2v) is 21.9. The number of hydrogen-bond donors (Lipinski definition) is 6. The van der Waals surface area contributed by atoms with Crippen molar-refractivity contribution >= 4 is 35.8 Å². The highest BCUT2D eigenvalue weighted by Crippen LogP contribution is 2.35. The van der Waals surface area contributed by atoms with Gasteiger partial charge in [0.15, 0.2) is 0 Å². The van der Waals surface area contributed by atoms with Gasteiger partial charge in [0.25, 0.3) is 0 Å². The lowest BCUT2D eigenvalue weighted by molar-refractivity contribution is 0.0650. The molecule has 12 heteroatoms. The molecular weight excluding hydrogens is 973 g/mol. The fraction of sp³-hybridized carbons (Fsp3) is 0.631. The van der Waals surface area contributed by atoms with Gasteiger partial charge in [-0.3, -0.25) is 0 Å². The standard InChI is InChI=1S/C26H42O4.C21H32O4.C18H26O4/c1-3-5-7-9-11-13-15-18-21(17-14-12-10-8-6-4-2)22-19-16-20-23(25(27)28)24(22)26(29)30;1-3-5-7-8-9-10-13-16(12-6-4-2)17-14-11-15-18(20(22)23)19(17)21(24)25;1-11(2)5-7-13-8-10-15(17(19)20)16(18(21)22)14(13)9-6-12(3)4/h16,19-21H,3-15,17-18H2,1-2H3,(H,27,28)(H,29,30);11,14-16H,3-10,12-13H2,1-2H3,(H,22,23)(H,24,25);8,10-12H,5-7,9H2,1-4H3,(H,19,20)(H,21,22). The number of carboxylic acid groups (broad SMARTS) is 6. The van der Waals surface area contributed by atoms with E-state index in [1.165, 1.54) is 102 Å². The summed E-state index contributed by atoms with van der Waals surface area (Å²) in [5.41, 5.74) is 2.69. The molecule has 3 aromatic carbocycles. The molecule has 0 aliphatic carbocycles. The summed E-state index contributed by atoms with van der Waals surface area (Å²) in [4.78, 5) is 69.6. The zero-order chi connectivity index (χ0) is 57.7. The molecule has 0 heterocycles. The van der Waals surface area contributed by atoms with Crippen LogP contribution in [0.4, 0.5) is 0 Å². The van der Waals surface area contributed by atoms with Gasteiger partial charge in [-0.1, -0.05) is 221 Å². The molecule has 0 aliphatic rings. The predicted octanol–water partition coefficient (Wildman–Crippen LogP) is 18.4. The first kappa shape index (κ1) is 69.5. The van der Waals surface area contributed by atoms with E-state index in [0.717, 1.165) is 102 Å². The van der Waals surface area contributed by atoms with Crippen molar-refractivity contribution in [3.05, 3.63) is 104 Å². The van der Waals surface area contributed by atoms with E-state index in [-0.39, 0.29) is 45.2 Å². The van der Waals surface area contributed by atoms with Gasteiger partial charge in [0.1, 0.15) is 0 Å². The van der Waals surface area contributed by atoms with Crippen LogP contribution in [0.5, 0.6) is 0 Å². The Morgan fingerprint density at radius 1 is 0.338 bits per heavy atom. The second kappa shape index (κ2) is 40.7. The molecule has 2 atom stereocenters. The van der Waals surface area contributed by atoms with Crippen molar-refractivity contribution in [1.82, 2.24) is 0 Å². The highest BCUT2D eigenvalue weighted by Gasteiger charge is 2.27. The van der Waals surface area contributed by atoms with Crippen LogP contribution in [-0.2, 0) is 12.8 Å². The zero-order valence-corrected chi connectivity index (χ0v) is 48.6. The highest BCUT2D eigenvalue weighted by atomic mass is 16.4. The van der Waals surface area contributed by atoms with Crippen LogP contribution in [0, 0.1) is 11.8 Å². The Hall–Kier alpha value is -5.52. The lowest BCUT2D eigenvalue weighted by Gasteiger charge is -2.20. The molecule has 3 aromatic rings. The molecule has 0 saturated heterocycles. The number of carbonyl (C=O) groups is 6. The van der Waals surface area contributed by atoms with Crippen molar-refractivity contribution in [2.45, 2.75) is 253 Å². The number of hydrogen-bond acceptors (Lipinski definition) is 6. The second-order valence-electron chi connectivity index (χ2n) is 21.9. The van der Waals surface area contributed by atoms with Crippen molar-refractivity contribution in [2.24, 2.45) is 11.8 Å². The molecule has 0 bridgehead atoms. The third kappa shape index (κ3) is 27.1. The topological polar surface area (TPSA) is 224 Å². The molecule has 0 spiro atoms. The Bertz CT molecular complexity index is 2210. The van der Waals surface area contributed by atoms with Crippen LogP contribution in [0.15, 0.2) is 48.5 Å². The molecule has 0 radical (unpaired) electrons. The number of aromatic carboxylic acids is 6. The van der Waals surface area contributed by atoms with Gasteiger partial charge in [-0.2, -0.15) is 0 Å². The smallest absolute Gasteiger partial charge is 0.336 e. The Kier molecular flexibility index (Phi) is 36.7. The summed E-state index contributed by atoms with van der Waals surface area (Å²) in [5.74, 6) is -5.74. The third-order valence-electron chi connectivity index (χ3n) is 14.7. The van der Waals surface area contributed by atoms with Crippen LogP contribution in [0.2, 0.25) is 0 Å². The number of carboxylic acids is 6. The molecule has 0 amide bonds. The van der Waals surface area contributed by atoms with Gasteiger partial charge in [0.2, 0.25) is 0 Å². The molecular formula is C65H100O12. The summed E-state index contributed by atoms with van der Waals surface area (Å²) in [6.45, 7) is 17.1. The lowest BCUT2D eigenvalue weighted by Crippen LogP contribution is -2.14. The zero-order valence-electron chi connectivity index (χ0n) is 48.6. The van der Waals surface area contributed by atoms with Crippen molar-refractivity contribution in [1.29, 1.82) is 0 Å². The molecule has 0 saturated carbocycles. The van der Waals surface area contributed by atoms with Gasteiger partial charge < -0.3 is 30.6 Å². The molecule has 0 aliphatic heterocycles. The summed E-state index contributed by atoms with van der Waals surface area (Å²) in [6, 6.07) is 13.0. The lowest BCUT2D eigenvalue weighted by atomic mass is 9.84. The summed E-state index contributed by atoms with van der Waals surface area (Å²) in [5, 5.41) is 56.9. The van der Waals surface area contributed by atoms with E-state index >= 15 is 0 Å². The molecule has 12 nitrogen and oxygen atoms in total. The van der Waals surface area contributed by atoms with Crippen molar-refractivity contribution in [3.63, 3.8) is 0 Å². The first-order chi connectivity index (χ1) is 36.8. The van der Waals surface area contributed by atoms with Gasteiger partial charge in [-0.05, 0) is 115 Å². The quantitative estimate of drug-likeness (QED) is 0.0294. The Labute approximate surface area is 462 Å². The largest absolute Gasteiger partial charge is 0.478 e. The molecule has 6 N–H and O–H groups in total. The third-order valence-corrected chi connectivity index (χ3v) is 14.7. The maximum Gasteiger partial charge on any atom is 0.336 e. The molecule has 2 unspecified atom stereocenters. The maximum absolute atomic E-state index is 11.9. The molecule has 3 rings (SSSR count). The normalized spacial score (nSPS) is 11.8. The van der Waals surface area contributed by atoms with Crippen LogP contribution in [0.3, 0.4) is 0 Å². The summed E-state index contributed by atoms with van der Waals surface area (Å²) in [6.07, 6.45) is 31.9. The van der Waals surface area contributed by atoms with Gasteiger partial charge >= 0.3 is 35.8 Å². The molecule has 432 valence electrons.